The molecular weight excluding hydrogens is 613 g/mol. The number of carbonyl (C=O) groups excluding carboxylic acids is 2. The van der Waals surface area contributed by atoms with Gasteiger partial charge in [0.05, 0.1) is 13.2 Å². The van der Waals surface area contributed by atoms with Crippen molar-refractivity contribution in [3.63, 3.8) is 0 Å². The summed E-state index contributed by atoms with van der Waals surface area (Å²) in [6, 6.07) is -1.55. The lowest BCUT2D eigenvalue weighted by Crippen LogP contribution is -2.43. The Balaban J connectivity index is 4.04. The number of phosphoric ester groups is 1. The van der Waals surface area contributed by atoms with Crippen molar-refractivity contribution in [1.82, 2.24) is 5.32 Å². The van der Waals surface area contributed by atoms with Crippen molar-refractivity contribution in [3.05, 3.63) is 24.3 Å². The van der Waals surface area contributed by atoms with E-state index in [2.05, 4.69) is 43.5 Å². The summed E-state index contributed by atoms with van der Waals surface area (Å²) in [5.41, 5.74) is 0. The summed E-state index contributed by atoms with van der Waals surface area (Å²) < 4.78 is 26.6. The summed E-state index contributed by atoms with van der Waals surface area (Å²) in [6.45, 7) is 2.44. The molecule has 0 saturated carbocycles. The quantitative estimate of drug-likeness (QED) is 0.0242. The Hall–Kier alpha value is -2.04. The number of allylic oxidation sites excluding steroid dienone is 4. The van der Waals surface area contributed by atoms with Crippen LogP contribution in [0.4, 0.5) is 0 Å². The minimum Gasteiger partial charge on any atom is -0.480 e. The Bertz CT molecular complexity index is 895. The molecule has 0 saturated heterocycles. The summed E-state index contributed by atoms with van der Waals surface area (Å²) >= 11 is 0. The minimum absolute atomic E-state index is 0.135. The van der Waals surface area contributed by atoms with Crippen molar-refractivity contribution < 1.29 is 47.8 Å². The Kier molecular flexibility index (Phi) is 29.0. The number of esters is 1. The van der Waals surface area contributed by atoms with Crippen LogP contribution in [0.25, 0.3) is 0 Å². The van der Waals surface area contributed by atoms with Crippen molar-refractivity contribution in [2.45, 2.75) is 154 Å². The molecule has 12 heteroatoms. The molecule has 1 amide bonds. The molecule has 0 fully saturated rings. The van der Waals surface area contributed by atoms with Crippen LogP contribution in [0.1, 0.15) is 142 Å². The van der Waals surface area contributed by atoms with E-state index >= 15 is 0 Å². The van der Waals surface area contributed by atoms with E-state index in [0.29, 0.717) is 12.8 Å². The average Bonchev–Trinajstić information content (AvgIpc) is 3.02. The molecule has 0 radical (unpaired) electrons. The van der Waals surface area contributed by atoms with Crippen molar-refractivity contribution in [1.29, 1.82) is 0 Å². The lowest BCUT2D eigenvalue weighted by atomic mass is 10.1. The van der Waals surface area contributed by atoms with Gasteiger partial charge in [-0.15, -0.1) is 0 Å². The molecule has 0 aromatic heterocycles. The number of aliphatic carboxylic acids is 1. The van der Waals surface area contributed by atoms with Crippen LogP contribution in [0, 0.1) is 0 Å². The van der Waals surface area contributed by atoms with E-state index in [-0.39, 0.29) is 12.8 Å². The number of carboxylic acid groups (broad SMARTS) is 1. The fourth-order valence-electron chi connectivity index (χ4n) is 4.43. The van der Waals surface area contributed by atoms with E-state index in [9.17, 15) is 34.1 Å². The van der Waals surface area contributed by atoms with Crippen LogP contribution < -0.4 is 5.32 Å². The Morgan fingerprint density at radius 1 is 0.674 bits per heavy atom. The Morgan fingerprint density at radius 2 is 1.17 bits per heavy atom. The Labute approximate surface area is 277 Å². The summed E-state index contributed by atoms with van der Waals surface area (Å²) in [5.74, 6) is -2.40. The number of carbonyl (C=O) groups is 3. The predicted octanol–water partition coefficient (Wildman–Crippen LogP) is 7.55. The molecule has 0 aliphatic rings. The van der Waals surface area contributed by atoms with Gasteiger partial charge in [0.2, 0.25) is 5.91 Å². The van der Waals surface area contributed by atoms with Crippen molar-refractivity contribution >= 4 is 25.7 Å². The summed E-state index contributed by atoms with van der Waals surface area (Å²) in [4.78, 5) is 45.5. The van der Waals surface area contributed by atoms with Gasteiger partial charge < -0.3 is 25.2 Å². The van der Waals surface area contributed by atoms with Crippen LogP contribution in [0.15, 0.2) is 24.3 Å². The molecule has 46 heavy (non-hydrogen) atoms. The van der Waals surface area contributed by atoms with Gasteiger partial charge in [0, 0.05) is 12.8 Å². The van der Waals surface area contributed by atoms with Crippen molar-refractivity contribution in [2.75, 3.05) is 19.8 Å². The number of aliphatic hydroxyl groups excluding tert-OH is 1. The first-order valence-corrected chi connectivity index (χ1v) is 18.9. The highest BCUT2D eigenvalue weighted by molar-refractivity contribution is 7.47. The van der Waals surface area contributed by atoms with E-state index < -0.39 is 57.6 Å². The topological polar surface area (TPSA) is 169 Å². The number of nitrogens with one attached hydrogen (secondary N) is 1. The molecule has 11 nitrogen and oxygen atoms in total. The largest absolute Gasteiger partial charge is 0.480 e. The van der Waals surface area contributed by atoms with Gasteiger partial charge in [0.1, 0.15) is 12.7 Å². The number of ether oxygens (including phenoxy) is 1. The maximum absolute atomic E-state index is 12.2. The van der Waals surface area contributed by atoms with Crippen molar-refractivity contribution in [3.8, 4) is 0 Å². The third kappa shape index (κ3) is 29.4. The number of hydrogen-bond donors (Lipinski definition) is 4. The first kappa shape index (κ1) is 44.0. The van der Waals surface area contributed by atoms with Crippen LogP contribution in [-0.2, 0) is 32.7 Å². The fraction of sp³-hybridized carbons (Fsp3) is 0.794. The van der Waals surface area contributed by atoms with E-state index in [1.165, 1.54) is 19.3 Å². The van der Waals surface area contributed by atoms with Gasteiger partial charge in [-0.1, -0.05) is 95.9 Å². The normalized spacial score (nSPS) is 14.3. The second-order valence-corrected chi connectivity index (χ2v) is 13.1. The second kappa shape index (κ2) is 30.3. The predicted molar refractivity (Wildman–Crippen MR) is 180 cm³/mol. The van der Waals surface area contributed by atoms with E-state index in [0.717, 1.165) is 83.5 Å². The number of amides is 1. The molecule has 0 aliphatic carbocycles. The third-order valence-corrected chi connectivity index (χ3v) is 8.14. The maximum Gasteiger partial charge on any atom is 0.472 e. The van der Waals surface area contributed by atoms with Crippen LogP contribution in [0.2, 0.25) is 0 Å². The lowest BCUT2D eigenvalue weighted by Gasteiger charge is -2.18. The van der Waals surface area contributed by atoms with E-state index in [4.69, 9.17) is 13.8 Å². The molecule has 0 heterocycles. The van der Waals surface area contributed by atoms with Crippen molar-refractivity contribution in [2.24, 2.45) is 0 Å². The maximum atomic E-state index is 12.2. The van der Waals surface area contributed by atoms with Gasteiger partial charge in [-0.2, -0.15) is 0 Å². The van der Waals surface area contributed by atoms with Crippen LogP contribution in [0.3, 0.4) is 0 Å². The molecule has 3 atom stereocenters. The van der Waals surface area contributed by atoms with Gasteiger partial charge in [0.25, 0.3) is 0 Å². The molecule has 4 N–H and O–H groups in total. The molecule has 0 aromatic rings. The number of aliphatic hydroxyl groups is 1. The van der Waals surface area contributed by atoms with Gasteiger partial charge >= 0.3 is 19.8 Å². The highest BCUT2D eigenvalue weighted by atomic mass is 31.2. The lowest BCUT2D eigenvalue weighted by molar-refractivity contribution is -0.147. The van der Waals surface area contributed by atoms with Crippen LogP contribution in [0.5, 0.6) is 0 Å². The molecule has 268 valence electrons. The zero-order chi connectivity index (χ0) is 34.3. The first-order chi connectivity index (χ1) is 22.1. The smallest absolute Gasteiger partial charge is 0.472 e. The van der Waals surface area contributed by atoms with E-state index in [1.54, 1.807) is 0 Å². The summed E-state index contributed by atoms with van der Waals surface area (Å²) in [6.07, 6.45) is 26.5. The zero-order valence-electron chi connectivity index (χ0n) is 28.4. The number of carboxylic acids is 1. The number of unbranched alkanes of at least 4 members (excludes halogenated alkanes) is 14. The standard InChI is InChI=1S/C34H62NO10P/c1-3-5-7-9-11-13-15-16-17-19-21-23-25-32(37)35-31(34(39)40)29-45-46(41,42)44-28-30(36)27-43-33(38)26-24-22-20-18-14-12-10-8-6-4-2/h8,10-11,13,30-31,36H,3-7,9,12,14-29H2,1-2H3,(H,35,37)(H,39,40)(H,41,42)/b10-8-,13-11-. The van der Waals surface area contributed by atoms with Gasteiger partial charge in [-0.05, 0) is 57.8 Å². The van der Waals surface area contributed by atoms with Gasteiger partial charge in [-0.25, -0.2) is 9.36 Å². The second-order valence-electron chi connectivity index (χ2n) is 11.7. The molecule has 3 unspecified atom stereocenters. The molecule has 0 rings (SSSR count). The molecule has 0 bridgehead atoms. The SMILES string of the molecule is CCC/C=C\CCCCCCCC(=O)OCC(O)COP(=O)(O)OCC(NC(=O)CCCCCCC/C=C\CCCCC)C(=O)O. The van der Waals surface area contributed by atoms with Gasteiger partial charge in [-0.3, -0.25) is 18.6 Å². The number of rotatable bonds is 32. The average molecular weight is 676 g/mol. The van der Waals surface area contributed by atoms with Gasteiger partial charge in [0.15, 0.2) is 6.04 Å². The third-order valence-electron chi connectivity index (χ3n) is 7.19. The monoisotopic (exact) mass is 675 g/mol. The van der Waals surface area contributed by atoms with E-state index in [1.807, 2.05) is 0 Å². The fourth-order valence-corrected chi connectivity index (χ4v) is 5.20. The highest BCUT2D eigenvalue weighted by Gasteiger charge is 2.28. The Morgan fingerprint density at radius 3 is 1.74 bits per heavy atom. The number of phosphoric acid groups is 1. The summed E-state index contributed by atoms with van der Waals surface area (Å²) in [7, 11) is -4.74. The highest BCUT2D eigenvalue weighted by Crippen LogP contribution is 2.43. The number of hydrogen-bond acceptors (Lipinski definition) is 8. The zero-order valence-corrected chi connectivity index (χ0v) is 29.3. The van der Waals surface area contributed by atoms with Crippen LogP contribution >= 0.6 is 7.82 Å². The minimum atomic E-state index is -4.74. The molecule has 0 aliphatic heterocycles. The molecular formula is C34H62NO10P. The van der Waals surface area contributed by atoms with Crippen LogP contribution in [-0.4, -0.2) is 64.9 Å². The first-order valence-electron chi connectivity index (χ1n) is 17.4. The molecule has 0 aromatic carbocycles. The molecule has 0 spiro atoms. The summed E-state index contributed by atoms with van der Waals surface area (Å²) in [5, 5.41) is 21.6.